The molecule has 2 aromatic rings. The first-order valence-electron chi connectivity index (χ1n) is 3.46. The maximum Gasteiger partial charge on any atom is 0.244 e. The van der Waals surface area contributed by atoms with E-state index in [0.29, 0.717) is 16.4 Å². The van der Waals surface area contributed by atoms with Gasteiger partial charge in [0.05, 0.1) is 12.1 Å². The molecule has 0 aliphatic heterocycles. The van der Waals surface area contributed by atoms with Crippen molar-refractivity contribution >= 4 is 28.7 Å². The minimum atomic E-state index is 0.122. The highest BCUT2D eigenvalue weighted by atomic mass is 35.5. The van der Waals surface area contributed by atoms with Gasteiger partial charge >= 0.3 is 0 Å². The zero-order valence-electron chi connectivity index (χ0n) is 6.66. The van der Waals surface area contributed by atoms with Crippen LogP contribution in [0.4, 0.5) is 0 Å². The van der Waals surface area contributed by atoms with Gasteiger partial charge in [0, 0.05) is 6.20 Å². The van der Waals surface area contributed by atoms with Crippen molar-refractivity contribution in [2.24, 2.45) is 0 Å². The van der Waals surface area contributed by atoms with Crippen molar-refractivity contribution in [3.63, 3.8) is 0 Å². The van der Waals surface area contributed by atoms with Gasteiger partial charge < -0.3 is 4.74 Å². The SMILES string of the molecule is COc1nc(Cl)nn2ccc(Cl)c12. The summed E-state index contributed by atoms with van der Waals surface area (Å²) in [6.07, 6.45) is 1.69. The third-order valence-corrected chi connectivity index (χ3v) is 2.06. The molecule has 0 unspecified atom stereocenters. The van der Waals surface area contributed by atoms with E-state index in [1.807, 2.05) is 0 Å². The van der Waals surface area contributed by atoms with Gasteiger partial charge in [0.1, 0.15) is 5.52 Å². The molecule has 0 bridgehead atoms. The molecule has 0 saturated heterocycles. The lowest BCUT2D eigenvalue weighted by Crippen LogP contribution is -1.97. The Kier molecular flexibility index (Phi) is 2.01. The molecule has 4 nitrogen and oxygen atoms in total. The number of nitrogens with zero attached hydrogens (tertiary/aromatic N) is 3. The number of methoxy groups -OCH3 is 1. The van der Waals surface area contributed by atoms with Crippen molar-refractivity contribution in [3.8, 4) is 5.88 Å². The minimum Gasteiger partial charge on any atom is -0.479 e. The highest BCUT2D eigenvalue weighted by Gasteiger charge is 2.10. The lowest BCUT2D eigenvalue weighted by atomic mass is 10.5. The molecule has 0 radical (unpaired) electrons. The quantitative estimate of drug-likeness (QED) is 0.735. The Bertz CT molecular complexity index is 454. The maximum atomic E-state index is 5.88. The van der Waals surface area contributed by atoms with E-state index >= 15 is 0 Å². The van der Waals surface area contributed by atoms with E-state index in [9.17, 15) is 0 Å². The fraction of sp³-hybridized carbons (Fsp3) is 0.143. The number of halogens is 2. The molecule has 13 heavy (non-hydrogen) atoms. The molecule has 0 aliphatic carbocycles. The number of rotatable bonds is 1. The van der Waals surface area contributed by atoms with E-state index in [0.717, 1.165) is 0 Å². The van der Waals surface area contributed by atoms with E-state index < -0.39 is 0 Å². The van der Waals surface area contributed by atoms with Crippen molar-refractivity contribution in [1.29, 1.82) is 0 Å². The van der Waals surface area contributed by atoms with E-state index in [1.165, 1.54) is 11.6 Å². The zero-order chi connectivity index (χ0) is 9.42. The maximum absolute atomic E-state index is 5.88. The number of hydrogen-bond acceptors (Lipinski definition) is 3. The Labute approximate surface area is 84.0 Å². The van der Waals surface area contributed by atoms with Crippen molar-refractivity contribution < 1.29 is 4.74 Å². The topological polar surface area (TPSA) is 39.4 Å². The molecule has 0 spiro atoms. The van der Waals surface area contributed by atoms with Crippen LogP contribution in [0, 0.1) is 0 Å². The first-order chi connectivity index (χ1) is 6.22. The Hall–Kier alpha value is -1.00. The van der Waals surface area contributed by atoms with Gasteiger partial charge in [-0.3, -0.25) is 0 Å². The summed E-state index contributed by atoms with van der Waals surface area (Å²) < 4.78 is 6.53. The first kappa shape index (κ1) is 8.59. The molecule has 2 rings (SSSR count). The average Bonchev–Trinajstić information content (AvgIpc) is 2.46. The van der Waals surface area contributed by atoms with Gasteiger partial charge in [0.25, 0.3) is 0 Å². The predicted octanol–water partition coefficient (Wildman–Crippen LogP) is 2.04. The van der Waals surface area contributed by atoms with E-state index in [-0.39, 0.29) is 5.28 Å². The average molecular weight is 218 g/mol. The van der Waals surface area contributed by atoms with Crippen molar-refractivity contribution in [2.45, 2.75) is 0 Å². The normalized spacial score (nSPS) is 10.7. The summed E-state index contributed by atoms with van der Waals surface area (Å²) in [5, 5.41) is 4.57. The van der Waals surface area contributed by atoms with Gasteiger partial charge in [-0.25, -0.2) is 4.52 Å². The van der Waals surface area contributed by atoms with Crippen LogP contribution in [0.1, 0.15) is 0 Å². The van der Waals surface area contributed by atoms with Crippen LogP contribution in [0.15, 0.2) is 12.3 Å². The van der Waals surface area contributed by atoms with Crippen LogP contribution in [-0.2, 0) is 0 Å². The summed E-state index contributed by atoms with van der Waals surface area (Å²) in [5.41, 5.74) is 0.619. The first-order valence-corrected chi connectivity index (χ1v) is 4.22. The second-order valence-electron chi connectivity index (χ2n) is 2.35. The number of fused-ring (bicyclic) bond motifs is 1. The molecular formula is C7H5Cl2N3O. The van der Waals surface area contributed by atoms with Crippen LogP contribution in [0.5, 0.6) is 5.88 Å². The van der Waals surface area contributed by atoms with E-state index in [4.69, 9.17) is 27.9 Å². The summed E-state index contributed by atoms with van der Waals surface area (Å²) in [7, 11) is 1.50. The number of hydrogen-bond donors (Lipinski definition) is 0. The molecule has 0 fully saturated rings. The smallest absolute Gasteiger partial charge is 0.244 e. The highest BCUT2D eigenvalue weighted by Crippen LogP contribution is 2.26. The largest absolute Gasteiger partial charge is 0.479 e. The van der Waals surface area contributed by atoms with E-state index in [2.05, 4.69) is 10.1 Å². The molecule has 0 aliphatic rings. The van der Waals surface area contributed by atoms with Crippen molar-refractivity contribution in [2.75, 3.05) is 7.11 Å². The lowest BCUT2D eigenvalue weighted by molar-refractivity contribution is 0.399. The van der Waals surface area contributed by atoms with Crippen LogP contribution < -0.4 is 4.74 Å². The molecule has 0 aromatic carbocycles. The Morgan fingerprint density at radius 2 is 2.23 bits per heavy atom. The summed E-state index contributed by atoms with van der Waals surface area (Å²) >= 11 is 11.5. The molecule has 0 atom stereocenters. The lowest BCUT2D eigenvalue weighted by Gasteiger charge is -2.01. The second kappa shape index (κ2) is 3.05. The summed E-state index contributed by atoms with van der Waals surface area (Å²) in [5.74, 6) is 0.370. The molecule has 2 heterocycles. The predicted molar refractivity (Wildman–Crippen MR) is 49.6 cm³/mol. The van der Waals surface area contributed by atoms with Crippen molar-refractivity contribution in [1.82, 2.24) is 14.6 Å². The van der Waals surface area contributed by atoms with Gasteiger partial charge in [-0.1, -0.05) is 11.6 Å². The van der Waals surface area contributed by atoms with Gasteiger partial charge in [0.15, 0.2) is 0 Å². The summed E-state index contributed by atoms with van der Waals surface area (Å²) in [4.78, 5) is 3.88. The van der Waals surface area contributed by atoms with Crippen LogP contribution in [0.3, 0.4) is 0 Å². The third-order valence-electron chi connectivity index (χ3n) is 1.60. The van der Waals surface area contributed by atoms with Crippen LogP contribution in [0.25, 0.3) is 5.52 Å². The number of aromatic nitrogens is 3. The molecule has 0 N–H and O–H groups in total. The van der Waals surface area contributed by atoms with Crippen LogP contribution >= 0.6 is 23.2 Å². The Balaban J connectivity index is 2.85. The van der Waals surface area contributed by atoms with Crippen LogP contribution in [0.2, 0.25) is 10.3 Å². The monoisotopic (exact) mass is 217 g/mol. The standard InChI is InChI=1S/C7H5Cl2N3O/c1-13-6-5-4(8)2-3-12(5)11-7(9)10-6/h2-3H,1H3. The zero-order valence-corrected chi connectivity index (χ0v) is 8.17. The fourth-order valence-electron chi connectivity index (χ4n) is 1.07. The van der Waals surface area contributed by atoms with E-state index in [1.54, 1.807) is 12.3 Å². The van der Waals surface area contributed by atoms with Gasteiger partial charge in [-0.05, 0) is 17.7 Å². The van der Waals surface area contributed by atoms with Crippen LogP contribution in [-0.4, -0.2) is 21.7 Å². The van der Waals surface area contributed by atoms with Crippen molar-refractivity contribution in [3.05, 3.63) is 22.6 Å². The second-order valence-corrected chi connectivity index (χ2v) is 3.09. The summed E-state index contributed by atoms with van der Waals surface area (Å²) in [6, 6.07) is 1.70. The van der Waals surface area contributed by atoms with Gasteiger partial charge in [0.2, 0.25) is 11.2 Å². The Morgan fingerprint density at radius 1 is 1.46 bits per heavy atom. The minimum absolute atomic E-state index is 0.122. The molecule has 2 aromatic heterocycles. The number of ether oxygens (including phenoxy) is 1. The molecule has 6 heteroatoms. The molecule has 68 valence electrons. The van der Waals surface area contributed by atoms with Gasteiger partial charge in [-0.2, -0.15) is 4.98 Å². The molecule has 0 saturated carbocycles. The summed E-state index contributed by atoms with van der Waals surface area (Å²) in [6.45, 7) is 0. The Morgan fingerprint density at radius 3 is 2.92 bits per heavy atom. The third kappa shape index (κ3) is 1.32. The fourth-order valence-corrected chi connectivity index (χ4v) is 1.45. The van der Waals surface area contributed by atoms with Gasteiger partial charge in [-0.15, -0.1) is 5.10 Å². The molecule has 0 amide bonds. The highest BCUT2D eigenvalue weighted by molar-refractivity contribution is 6.34. The molecular weight excluding hydrogens is 213 g/mol.